The Bertz CT molecular complexity index is 821. The van der Waals surface area contributed by atoms with Gasteiger partial charge in [-0.1, -0.05) is 60.7 Å². The summed E-state index contributed by atoms with van der Waals surface area (Å²) in [6.45, 7) is 2.76. The molecule has 2 aromatic carbocycles. The molecule has 0 spiro atoms. The van der Waals surface area contributed by atoms with Crippen molar-refractivity contribution >= 4 is 17.9 Å². The topological polar surface area (TPSA) is 61.4 Å². The molecular formula is C25H31N3O2. The smallest absolute Gasteiger partial charge is 0.246 e. The molecule has 1 heterocycles. The second-order valence-corrected chi connectivity index (χ2v) is 7.60. The summed E-state index contributed by atoms with van der Waals surface area (Å²) in [7, 11) is 0. The fourth-order valence-electron chi connectivity index (χ4n) is 3.62. The summed E-state index contributed by atoms with van der Waals surface area (Å²) in [5.41, 5.74) is 2.14. The molecule has 2 N–H and O–H groups in total. The Hall–Kier alpha value is -2.92. The van der Waals surface area contributed by atoms with Crippen LogP contribution in [0.5, 0.6) is 0 Å². The van der Waals surface area contributed by atoms with E-state index in [1.54, 1.807) is 6.08 Å². The molecule has 0 saturated carbocycles. The number of hydrogen-bond acceptors (Lipinski definition) is 3. The molecule has 0 aromatic heterocycles. The highest BCUT2D eigenvalue weighted by Gasteiger charge is 2.17. The predicted octanol–water partition coefficient (Wildman–Crippen LogP) is 3.55. The fraction of sp³-hybridized carbons (Fsp3) is 0.360. The highest BCUT2D eigenvalue weighted by molar-refractivity contribution is 5.91. The average molecular weight is 406 g/mol. The van der Waals surface area contributed by atoms with E-state index >= 15 is 0 Å². The fourth-order valence-corrected chi connectivity index (χ4v) is 3.62. The SMILES string of the molecule is O=C1C[C@@H](c2ccccc2)NCCCCN(C(=O)C=Cc2ccccc2)CCCN1. The highest BCUT2D eigenvalue weighted by atomic mass is 16.2. The summed E-state index contributed by atoms with van der Waals surface area (Å²) in [5.74, 6) is 0.0626. The second-order valence-electron chi connectivity index (χ2n) is 7.60. The van der Waals surface area contributed by atoms with E-state index in [-0.39, 0.29) is 17.9 Å². The summed E-state index contributed by atoms with van der Waals surface area (Å²) in [4.78, 5) is 27.0. The number of hydrogen-bond donors (Lipinski definition) is 2. The second kappa shape index (κ2) is 11.9. The molecule has 2 aromatic rings. The van der Waals surface area contributed by atoms with E-state index in [9.17, 15) is 9.59 Å². The first kappa shape index (κ1) is 21.8. The predicted molar refractivity (Wildman–Crippen MR) is 121 cm³/mol. The van der Waals surface area contributed by atoms with Crippen molar-refractivity contribution in [2.24, 2.45) is 0 Å². The maximum absolute atomic E-state index is 12.7. The van der Waals surface area contributed by atoms with E-state index in [4.69, 9.17) is 0 Å². The number of nitrogens with zero attached hydrogens (tertiary/aromatic N) is 1. The zero-order valence-electron chi connectivity index (χ0n) is 17.4. The van der Waals surface area contributed by atoms with Crippen LogP contribution in [0.1, 0.15) is 42.9 Å². The van der Waals surface area contributed by atoms with Crippen molar-refractivity contribution in [1.82, 2.24) is 15.5 Å². The van der Waals surface area contributed by atoms with Crippen LogP contribution < -0.4 is 10.6 Å². The van der Waals surface area contributed by atoms with Crippen LogP contribution in [0.2, 0.25) is 0 Å². The molecule has 5 nitrogen and oxygen atoms in total. The minimum atomic E-state index is 0.0125. The number of carbonyl (C=O) groups excluding carboxylic acids is 2. The summed E-state index contributed by atoms with van der Waals surface area (Å²) < 4.78 is 0. The summed E-state index contributed by atoms with van der Waals surface area (Å²) in [6, 6.07) is 20.0. The van der Waals surface area contributed by atoms with Gasteiger partial charge in [0.15, 0.2) is 0 Å². The Morgan fingerprint density at radius 1 is 0.900 bits per heavy atom. The molecule has 5 heteroatoms. The lowest BCUT2D eigenvalue weighted by atomic mass is 10.0. The van der Waals surface area contributed by atoms with Crippen molar-refractivity contribution in [3.63, 3.8) is 0 Å². The van der Waals surface area contributed by atoms with Crippen LogP contribution in [0.15, 0.2) is 66.7 Å². The first-order valence-corrected chi connectivity index (χ1v) is 10.8. The van der Waals surface area contributed by atoms with Gasteiger partial charge in [-0.2, -0.15) is 0 Å². The number of rotatable bonds is 3. The number of amides is 2. The third-order valence-electron chi connectivity index (χ3n) is 5.29. The number of carbonyl (C=O) groups is 2. The highest BCUT2D eigenvalue weighted by Crippen LogP contribution is 2.17. The molecule has 3 rings (SSSR count). The van der Waals surface area contributed by atoms with Gasteiger partial charge in [-0.25, -0.2) is 0 Å². The summed E-state index contributed by atoms with van der Waals surface area (Å²) in [5, 5.41) is 6.52. The van der Waals surface area contributed by atoms with Gasteiger partial charge in [-0.3, -0.25) is 9.59 Å². The normalized spacial score (nSPS) is 19.4. The largest absolute Gasteiger partial charge is 0.356 e. The van der Waals surface area contributed by atoms with E-state index in [1.807, 2.05) is 59.5 Å². The molecular weight excluding hydrogens is 374 g/mol. The molecule has 1 aliphatic heterocycles. The Labute approximate surface area is 179 Å². The molecule has 2 amide bonds. The lowest BCUT2D eigenvalue weighted by Gasteiger charge is -2.21. The van der Waals surface area contributed by atoms with Crippen molar-refractivity contribution < 1.29 is 9.59 Å². The van der Waals surface area contributed by atoms with Gasteiger partial charge in [0.25, 0.3) is 0 Å². The Morgan fingerprint density at radius 2 is 1.60 bits per heavy atom. The van der Waals surface area contributed by atoms with Gasteiger partial charge in [0, 0.05) is 38.2 Å². The Morgan fingerprint density at radius 3 is 2.37 bits per heavy atom. The minimum absolute atomic E-state index is 0.0125. The van der Waals surface area contributed by atoms with E-state index in [1.165, 1.54) is 0 Å². The maximum Gasteiger partial charge on any atom is 0.246 e. The molecule has 30 heavy (non-hydrogen) atoms. The third kappa shape index (κ3) is 7.16. The molecule has 1 aliphatic rings. The number of benzene rings is 2. The van der Waals surface area contributed by atoms with E-state index in [0.29, 0.717) is 19.5 Å². The van der Waals surface area contributed by atoms with Crippen LogP contribution in [0, 0.1) is 0 Å². The number of nitrogens with one attached hydrogen (secondary N) is 2. The van der Waals surface area contributed by atoms with Crippen molar-refractivity contribution in [2.45, 2.75) is 31.7 Å². The minimum Gasteiger partial charge on any atom is -0.356 e. The Balaban J connectivity index is 1.58. The molecule has 0 bridgehead atoms. The zero-order valence-corrected chi connectivity index (χ0v) is 17.4. The summed E-state index contributed by atoms with van der Waals surface area (Å²) >= 11 is 0. The van der Waals surface area contributed by atoms with Crippen molar-refractivity contribution in [3.05, 3.63) is 77.9 Å². The molecule has 0 radical (unpaired) electrons. The van der Waals surface area contributed by atoms with Gasteiger partial charge in [-0.15, -0.1) is 0 Å². The van der Waals surface area contributed by atoms with Crippen molar-refractivity contribution in [3.8, 4) is 0 Å². The van der Waals surface area contributed by atoms with Crippen LogP contribution in [0.25, 0.3) is 6.08 Å². The van der Waals surface area contributed by atoms with Crippen molar-refractivity contribution in [1.29, 1.82) is 0 Å². The van der Waals surface area contributed by atoms with Crippen LogP contribution in [0.4, 0.5) is 0 Å². The van der Waals surface area contributed by atoms with Gasteiger partial charge < -0.3 is 15.5 Å². The van der Waals surface area contributed by atoms with Gasteiger partial charge in [0.1, 0.15) is 0 Å². The van der Waals surface area contributed by atoms with Crippen LogP contribution in [0.3, 0.4) is 0 Å². The van der Waals surface area contributed by atoms with Crippen LogP contribution >= 0.6 is 0 Å². The van der Waals surface area contributed by atoms with Crippen molar-refractivity contribution in [2.75, 3.05) is 26.2 Å². The average Bonchev–Trinajstić information content (AvgIpc) is 2.80. The lowest BCUT2D eigenvalue weighted by Crippen LogP contribution is -2.34. The third-order valence-corrected chi connectivity index (χ3v) is 5.29. The van der Waals surface area contributed by atoms with Gasteiger partial charge in [0.05, 0.1) is 0 Å². The Kier molecular flexibility index (Phi) is 8.66. The quantitative estimate of drug-likeness (QED) is 0.768. The van der Waals surface area contributed by atoms with Gasteiger partial charge in [0.2, 0.25) is 11.8 Å². The molecule has 1 fully saturated rings. The van der Waals surface area contributed by atoms with Gasteiger partial charge in [-0.05, 0) is 43.0 Å². The summed E-state index contributed by atoms with van der Waals surface area (Å²) in [6.07, 6.45) is 6.57. The molecule has 1 atom stereocenters. The van der Waals surface area contributed by atoms with E-state index in [0.717, 1.165) is 43.5 Å². The van der Waals surface area contributed by atoms with Gasteiger partial charge >= 0.3 is 0 Å². The maximum atomic E-state index is 12.7. The van der Waals surface area contributed by atoms with E-state index < -0.39 is 0 Å². The first-order valence-electron chi connectivity index (χ1n) is 10.8. The van der Waals surface area contributed by atoms with Crippen LogP contribution in [-0.2, 0) is 9.59 Å². The lowest BCUT2D eigenvalue weighted by molar-refractivity contribution is -0.126. The molecule has 0 aliphatic carbocycles. The molecule has 0 unspecified atom stereocenters. The molecule has 1 saturated heterocycles. The van der Waals surface area contributed by atoms with Crippen LogP contribution in [-0.4, -0.2) is 42.9 Å². The first-order chi connectivity index (χ1) is 14.7. The van der Waals surface area contributed by atoms with E-state index in [2.05, 4.69) is 22.8 Å². The molecule has 158 valence electrons. The standard InChI is InChI=1S/C25H31N3O2/c29-24-20-23(22-12-5-2-6-13-22)26-16-7-8-18-28(19-9-17-27-24)25(30)15-14-21-10-3-1-4-11-21/h1-6,10-15,23,26H,7-9,16-20H2,(H,27,29)/t23-/m0/s1. The zero-order chi connectivity index (χ0) is 21.0. The monoisotopic (exact) mass is 405 g/mol.